The number of carbonyl (C=O) groups is 2. The van der Waals surface area contributed by atoms with Crippen LogP contribution in [-0.4, -0.2) is 30.3 Å². The number of halogens is 1. The number of hydrogen-bond donors (Lipinski definition) is 0. The van der Waals surface area contributed by atoms with Crippen LogP contribution >= 0.6 is 0 Å². The number of amides is 1. The van der Waals surface area contributed by atoms with Gasteiger partial charge in [-0.05, 0) is 0 Å². The van der Waals surface area contributed by atoms with Crippen LogP contribution in [0.15, 0.2) is 12.1 Å². The molecule has 7 nitrogen and oxygen atoms in total. The molecule has 100 valence electrons. The Bertz CT molecular complexity index is 587. The number of methoxy groups -OCH3 is 1. The minimum Gasteiger partial charge on any atom is -0.494 e. The van der Waals surface area contributed by atoms with Crippen LogP contribution in [0.3, 0.4) is 0 Å². The van der Waals surface area contributed by atoms with Gasteiger partial charge in [-0.15, -0.1) is 0 Å². The average molecular weight is 268 g/mol. The predicted molar refractivity (Wildman–Crippen MR) is 61.6 cm³/mol. The Kier molecular flexibility index (Phi) is 3.16. The van der Waals surface area contributed by atoms with Gasteiger partial charge in [0.05, 0.1) is 30.7 Å². The number of Topliss-reactive ketones (excluding diaryl/α,β-unsaturated/α-hetero) is 1. The van der Waals surface area contributed by atoms with Crippen LogP contribution in [-0.2, 0) is 9.59 Å². The van der Waals surface area contributed by atoms with E-state index >= 15 is 0 Å². The van der Waals surface area contributed by atoms with Crippen LogP contribution in [0.25, 0.3) is 0 Å². The summed E-state index contributed by atoms with van der Waals surface area (Å²) in [5.74, 6) is -1.90. The summed E-state index contributed by atoms with van der Waals surface area (Å²) in [5.41, 5.74) is -0.755. The number of ether oxygens (including phenoxy) is 1. The van der Waals surface area contributed by atoms with Crippen molar-refractivity contribution < 1.29 is 23.6 Å². The van der Waals surface area contributed by atoms with Crippen molar-refractivity contribution in [2.24, 2.45) is 0 Å². The van der Waals surface area contributed by atoms with Crippen molar-refractivity contribution in [3.8, 4) is 5.75 Å². The van der Waals surface area contributed by atoms with E-state index in [4.69, 9.17) is 4.74 Å². The second-order valence-electron chi connectivity index (χ2n) is 3.93. The zero-order valence-electron chi connectivity index (χ0n) is 9.88. The third-order valence-corrected chi connectivity index (χ3v) is 2.72. The lowest BCUT2D eigenvalue weighted by Gasteiger charge is -2.17. The number of carbonyl (C=O) groups excluding carboxylic acids is 2. The molecule has 19 heavy (non-hydrogen) atoms. The van der Waals surface area contributed by atoms with Gasteiger partial charge in [0.1, 0.15) is 5.75 Å². The van der Waals surface area contributed by atoms with E-state index < -0.39 is 22.3 Å². The minimum absolute atomic E-state index is 0.0199. The zero-order valence-corrected chi connectivity index (χ0v) is 9.88. The molecule has 1 amide bonds. The molecular formula is C11H9FN2O5. The Balaban J connectivity index is 2.55. The first-order valence-electron chi connectivity index (χ1n) is 5.28. The Morgan fingerprint density at radius 1 is 1.42 bits per heavy atom. The summed E-state index contributed by atoms with van der Waals surface area (Å²) < 4.78 is 18.3. The number of hydrogen-bond acceptors (Lipinski definition) is 5. The van der Waals surface area contributed by atoms with E-state index in [0.29, 0.717) is 0 Å². The Morgan fingerprint density at radius 3 is 2.58 bits per heavy atom. The van der Waals surface area contributed by atoms with Gasteiger partial charge >= 0.3 is 5.69 Å². The number of anilines is 1. The normalized spacial score (nSPS) is 14.9. The van der Waals surface area contributed by atoms with Crippen LogP contribution in [0.5, 0.6) is 5.75 Å². The van der Waals surface area contributed by atoms with E-state index in [0.717, 1.165) is 17.0 Å². The lowest BCUT2D eigenvalue weighted by molar-refractivity contribution is -0.387. The summed E-state index contributed by atoms with van der Waals surface area (Å²) in [5, 5.41) is 10.7. The maximum Gasteiger partial charge on any atom is 0.307 e. The van der Waals surface area contributed by atoms with Gasteiger partial charge in [-0.2, -0.15) is 4.39 Å². The Morgan fingerprint density at radius 2 is 2.11 bits per heavy atom. The SMILES string of the molecule is COc1cc(F)c([N+](=O)[O-])cc1N1CC(=O)CC1=O. The molecular weight excluding hydrogens is 259 g/mol. The molecule has 8 heteroatoms. The first-order valence-corrected chi connectivity index (χ1v) is 5.28. The summed E-state index contributed by atoms with van der Waals surface area (Å²) in [7, 11) is 1.24. The molecule has 0 aliphatic carbocycles. The van der Waals surface area contributed by atoms with Gasteiger partial charge in [-0.25, -0.2) is 0 Å². The van der Waals surface area contributed by atoms with Gasteiger partial charge in [-0.1, -0.05) is 0 Å². The van der Waals surface area contributed by atoms with Crippen LogP contribution in [0.4, 0.5) is 15.8 Å². The number of ketones is 1. The lowest BCUT2D eigenvalue weighted by Crippen LogP contribution is -2.25. The first-order chi connectivity index (χ1) is 8.93. The molecule has 1 fully saturated rings. The number of nitrogens with zero attached hydrogens (tertiary/aromatic N) is 2. The lowest BCUT2D eigenvalue weighted by atomic mass is 10.2. The summed E-state index contributed by atoms with van der Waals surface area (Å²) in [6.45, 7) is -0.196. The minimum atomic E-state index is -1.07. The fraction of sp³-hybridized carbons (Fsp3) is 0.273. The highest BCUT2D eigenvalue weighted by atomic mass is 19.1. The fourth-order valence-corrected chi connectivity index (χ4v) is 1.85. The van der Waals surface area contributed by atoms with Gasteiger partial charge in [0, 0.05) is 12.1 Å². The molecule has 1 saturated heterocycles. The van der Waals surface area contributed by atoms with Gasteiger partial charge in [-0.3, -0.25) is 19.7 Å². The molecule has 1 aromatic carbocycles. The van der Waals surface area contributed by atoms with E-state index in [-0.39, 0.29) is 30.2 Å². The molecule has 2 rings (SSSR count). The molecule has 1 aliphatic rings. The molecule has 0 aromatic heterocycles. The quantitative estimate of drug-likeness (QED) is 0.464. The van der Waals surface area contributed by atoms with Crippen molar-refractivity contribution in [1.29, 1.82) is 0 Å². The van der Waals surface area contributed by atoms with E-state index in [9.17, 15) is 24.1 Å². The molecule has 0 radical (unpaired) electrons. The highest BCUT2D eigenvalue weighted by Crippen LogP contribution is 2.36. The third kappa shape index (κ3) is 2.24. The van der Waals surface area contributed by atoms with E-state index in [2.05, 4.69) is 0 Å². The van der Waals surface area contributed by atoms with Crippen LogP contribution < -0.4 is 9.64 Å². The van der Waals surface area contributed by atoms with Crippen molar-refractivity contribution in [2.45, 2.75) is 6.42 Å². The van der Waals surface area contributed by atoms with Crippen molar-refractivity contribution in [2.75, 3.05) is 18.6 Å². The van der Waals surface area contributed by atoms with Crippen LogP contribution in [0, 0.1) is 15.9 Å². The summed E-state index contributed by atoms with van der Waals surface area (Å²) >= 11 is 0. The molecule has 1 heterocycles. The number of nitro groups is 1. The van der Waals surface area contributed by atoms with Crippen molar-refractivity contribution in [3.05, 3.63) is 28.1 Å². The molecule has 0 atom stereocenters. The Hall–Kier alpha value is -2.51. The first kappa shape index (κ1) is 12.9. The molecule has 1 aliphatic heterocycles. The number of nitro benzene ring substituents is 1. The second kappa shape index (κ2) is 4.63. The fourth-order valence-electron chi connectivity index (χ4n) is 1.85. The Labute approximate surface area is 106 Å². The van der Waals surface area contributed by atoms with Crippen LogP contribution in [0.1, 0.15) is 6.42 Å². The maximum absolute atomic E-state index is 13.4. The second-order valence-corrected chi connectivity index (χ2v) is 3.93. The predicted octanol–water partition coefficient (Wildman–Crippen LogP) is 1.05. The van der Waals surface area contributed by atoms with E-state index in [1.54, 1.807) is 0 Å². The maximum atomic E-state index is 13.4. The van der Waals surface area contributed by atoms with Crippen molar-refractivity contribution in [3.63, 3.8) is 0 Å². The smallest absolute Gasteiger partial charge is 0.307 e. The average Bonchev–Trinajstić information content (AvgIpc) is 2.67. The summed E-state index contributed by atoms with van der Waals surface area (Å²) in [6, 6.07) is 1.72. The molecule has 1 aromatic rings. The number of rotatable bonds is 3. The highest BCUT2D eigenvalue weighted by molar-refractivity contribution is 6.15. The van der Waals surface area contributed by atoms with Gasteiger partial charge in [0.15, 0.2) is 5.78 Å². The third-order valence-electron chi connectivity index (χ3n) is 2.72. The largest absolute Gasteiger partial charge is 0.494 e. The number of benzene rings is 1. The zero-order chi connectivity index (χ0) is 14.2. The molecule has 0 saturated carbocycles. The van der Waals surface area contributed by atoms with E-state index in [1.165, 1.54) is 7.11 Å². The standard InChI is InChI=1S/C11H9FN2O5/c1-19-10-3-7(12)8(14(17)18)4-9(10)13-5-6(15)2-11(13)16/h3-4H,2,5H2,1H3. The van der Waals surface area contributed by atoms with E-state index in [1.807, 2.05) is 0 Å². The van der Waals surface area contributed by atoms with Gasteiger partial charge < -0.3 is 9.64 Å². The monoisotopic (exact) mass is 268 g/mol. The van der Waals surface area contributed by atoms with Crippen molar-refractivity contribution >= 4 is 23.1 Å². The topological polar surface area (TPSA) is 89.8 Å². The van der Waals surface area contributed by atoms with Gasteiger partial charge in [0.2, 0.25) is 11.7 Å². The summed E-state index contributed by atoms with van der Waals surface area (Å²) in [4.78, 5) is 33.7. The van der Waals surface area contributed by atoms with Gasteiger partial charge in [0.25, 0.3) is 0 Å². The molecule has 0 unspecified atom stereocenters. The highest BCUT2D eigenvalue weighted by Gasteiger charge is 2.32. The molecule has 0 spiro atoms. The van der Waals surface area contributed by atoms with Crippen LogP contribution in [0.2, 0.25) is 0 Å². The molecule has 0 N–H and O–H groups in total. The van der Waals surface area contributed by atoms with Crippen molar-refractivity contribution in [1.82, 2.24) is 0 Å². The molecule has 0 bridgehead atoms. The summed E-state index contributed by atoms with van der Waals surface area (Å²) in [6.07, 6.45) is -0.270.